The molecule has 1 aliphatic heterocycles. The molecule has 0 aliphatic carbocycles. The fourth-order valence-corrected chi connectivity index (χ4v) is 2.17. The number of carbonyl (C=O) groups is 1. The van der Waals surface area contributed by atoms with Crippen LogP contribution >= 0.6 is 0 Å². The predicted octanol–water partition coefficient (Wildman–Crippen LogP) is 1.66. The Kier molecular flexibility index (Phi) is 5.07. The van der Waals surface area contributed by atoms with E-state index in [9.17, 15) is 4.79 Å². The number of para-hydroxylation sites is 2. The van der Waals surface area contributed by atoms with Gasteiger partial charge < -0.3 is 20.1 Å². The van der Waals surface area contributed by atoms with E-state index in [1.165, 1.54) is 0 Å². The molecule has 21 heavy (non-hydrogen) atoms. The summed E-state index contributed by atoms with van der Waals surface area (Å²) in [5.74, 6) is 1.65. The molecule has 116 valence electrons. The summed E-state index contributed by atoms with van der Waals surface area (Å²) >= 11 is 0. The van der Waals surface area contributed by atoms with Crippen LogP contribution < -0.4 is 15.2 Å². The molecule has 2 rings (SSSR count). The minimum Gasteiger partial charge on any atom is -0.485 e. The summed E-state index contributed by atoms with van der Waals surface area (Å²) < 4.78 is 11.3. The summed E-state index contributed by atoms with van der Waals surface area (Å²) in [4.78, 5) is 14.0. The third-order valence-corrected chi connectivity index (χ3v) is 3.81. The molecule has 1 aliphatic rings. The second kappa shape index (κ2) is 6.80. The average Bonchev–Trinajstić information content (AvgIpc) is 2.50. The van der Waals surface area contributed by atoms with Crippen LogP contribution in [0.15, 0.2) is 24.3 Å². The number of likely N-dealkylation sites (N-methyl/N-ethyl adjacent to an activating group) is 1. The standard InChI is InChI=1S/C16H24N2O3/c1-11(2)12(17)8-9-18(3)16(19)15-10-20-13-6-4-5-7-14(13)21-15/h4-7,11-12,15H,8-10,17H2,1-3H3. The van der Waals surface area contributed by atoms with Crippen molar-refractivity contribution in [3.63, 3.8) is 0 Å². The van der Waals surface area contributed by atoms with Crippen molar-refractivity contribution >= 4 is 5.91 Å². The molecule has 0 saturated heterocycles. The number of rotatable bonds is 5. The second-order valence-electron chi connectivity index (χ2n) is 5.82. The van der Waals surface area contributed by atoms with Crippen molar-refractivity contribution in [3.05, 3.63) is 24.3 Å². The zero-order valence-electron chi connectivity index (χ0n) is 12.9. The van der Waals surface area contributed by atoms with Crippen LogP contribution in [0.3, 0.4) is 0 Å². The first kappa shape index (κ1) is 15.6. The van der Waals surface area contributed by atoms with Crippen LogP contribution in [0.2, 0.25) is 0 Å². The van der Waals surface area contributed by atoms with Crippen LogP contribution in [-0.2, 0) is 4.79 Å². The Hall–Kier alpha value is -1.75. The van der Waals surface area contributed by atoms with Gasteiger partial charge in [-0.3, -0.25) is 4.79 Å². The zero-order chi connectivity index (χ0) is 15.4. The second-order valence-corrected chi connectivity index (χ2v) is 5.82. The van der Waals surface area contributed by atoms with E-state index in [1.807, 2.05) is 24.3 Å². The molecule has 2 unspecified atom stereocenters. The summed E-state index contributed by atoms with van der Waals surface area (Å²) in [6.45, 7) is 5.04. The molecule has 1 aromatic carbocycles. The van der Waals surface area contributed by atoms with Gasteiger partial charge in [0.15, 0.2) is 11.5 Å². The van der Waals surface area contributed by atoms with Crippen molar-refractivity contribution in [3.8, 4) is 11.5 Å². The molecular formula is C16H24N2O3. The van der Waals surface area contributed by atoms with Crippen LogP contribution in [0.1, 0.15) is 20.3 Å². The van der Waals surface area contributed by atoms with Gasteiger partial charge in [0, 0.05) is 19.6 Å². The van der Waals surface area contributed by atoms with E-state index in [1.54, 1.807) is 11.9 Å². The molecule has 0 saturated carbocycles. The van der Waals surface area contributed by atoms with E-state index in [2.05, 4.69) is 13.8 Å². The summed E-state index contributed by atoms with van der Waals surface area (Å²) in [5, 5.41) is 0. The lowest BCUT2D eigenvalue weighted by Gasteiger charge is -2.29. The number of amides is 1. The number of nitrogens with zero attached hydrogens (tertiary/aromatic N) is 1. The number of fused-ring (bicyclic) bond motifs is 1. The van der Waals surface area contributed by atoms with Crippen LogP contribution in [-0.4, -0.2) is 43.2 Å². The summed E-state index contributed by atoms with van der Waals surface area (Å²) in [5.41, 5.74) is 6.01. The molecule has 0 radical (unpaired) electrons. The fraction of sp³-hybridized carbons (Fsp3) is 0.562. The lowest BCUT2D eigenvalue weighted by atomic mass is 10.0. The molecule has 5 heteroatoms. The average molecular weight is 292 g/mol. The largest absolute Gasteiger partial charge is 0.485 e. The normalized spacial score (nSPS) is 18.4. The quantitative estimate of drug-likeness (QED) is 0.896. The number of hydrogen-bond acceptors (Lipinski definition) is 4. The Morgan fingerprint density at radius 1 is 1.38 bits per heavy atom. The van der Waals surface area contributed by atoms with Crippen LogP contribution in [0.25, 0.3) is 0 Å². The van der Waals surface area contributed by atoms with Gasteiger partial charge in [-0.1, -0.05) is 26.0 Å². The first-order chi connectivity index (χ1) is 9.99. The lowest BCUT2D eigenvalue weighted by Crippen LogP contribution is -2.46. The Balaban J connectivity index is 1.89. The van der Waals surface area contributed by atoms with Gasteiger partial charge in [0.2, 0.25) is 6.10 Å². The van der Waals surface area contributed by atoms with Crippen LogP contribution in [0.5, 0.6) is 11.5 Å². The molecule has 1 aromatic rings. The van der Waals surface area contributed by atoms with Gasteiger partial charge in [-0.15, -0.1) is 0 Å². The van der Waals surface area contributed by atoms with Crippen molar-refractivity contribution < 1.29 is 14.3 Å². The zero-order valence-corrected chi connectivity index (χ0v) is 12.9. The van der Waals surface area contributed by atoms with E-state index in [4.69, 9.17) is 15.2 Å². The number of hydrogen-bond donors (Lipinski definition) is 1. The molecule has 0 aromatic heterocycles. The van der Waals surface area contributed by atoms with E-state index in [0.29, 0.717) is 24.0 Å². The highest BCUT2D eigenvalue weighted by molar-refractivity contribution is 5.81. The molecule has 0 fully saturated rings. The molecular weight excluding hydrogens is 268 g/mol. The van der Waals surface area contributed by atoms with Gasteiger partial charge >= 0.3 is 0 Å². The Labute approximate surface area is 126 Å². The smallest absolute Gasteiger partial charge is 0.267 e. The molecule has 2 N–H and O–H groups in total. The van der Waals surface area contributed by atoms with Crippen molar-refractivity contribution in [1.29, 1.82) is 0 Å². The van der Waals surface area contributed by atoms with E-state index in [0.717, 1.165) is 6.42 Å². The molecule has 5 nitrogen and oxygen atoms in total. The molecule has 0 spiro atoms. The van der Waals surface area contributed by atoms with Gasteiger partial charge in [0.1, 0.15) is 6.61 Å². The van der Waals surface area contributed by atoms with Gasteiger partial charge in [0.05, 0.1) is 0 Å². The summed E-state index contributed by atoms with van der Waals surface area (Å²) in [7, 11) is 1.78. The highest BCUT2D eigenvalue weighted by Gasteiger charge is 2.29. The first-order valence-corrected chi connectivity index (χ1v) is 7.38. The maximum absolute atomic E-state index is 12.4. The van der Waals surface area contributed by atoms with Crippen molar-refractivity contribution in [2.45, 2.75) is 32.4 Å². The number of ether oxygens (including phenoxy) is 2. The molecule has 1 heterocycles. The summed E-state index contributed by atoms with van der Waals surface area (Å²) in [6, 6.07) is 7.49. The molecule has 1 amide bonds. The highest BCUT2D eigenvalue weighted by Crippen LogP contribution is 2.31. The third-order valence-electron chi connectivity index (χ3n) is 3.81. The fourth-order valence-electron chi connectivity index (χ4n) is 2.17. The molecule has 0 bridgehead atoms. The van der Waals surface area contributed by atoms with Gasteiger partial charge in [-0.2, -0.15) is 0 Å². The van der Waals surface area contributed by atoms with Gasteiger partial charge in [-0.25, -0.2) is 0 Å². The highest BCUT2D eigenvalue weighted by atomic mass is 16.6. The number of nitrogens with two attached hydrogens (primary N) is 1. The van der Waals surface area contributed by atoms with E-state index in [-0.39, 0.29) is 18.6 Å². The third kappa shape index (κ3) is 3.88. The SMILES string of the molecule is CC(C)C(N)CCN(C)C(=O)C1COc2ccccc2O1. The Bertz CT molecular complexity index is 490. The minimum absolute atomic E-state index is 0.0690. The topological polar surface area (TPSA) is 64.8 Å². The van der Waals surface area contributed by atoms with Gasteiger partial charge in [-0.05, 0) is 24.5 Å². The number of benzene rings is 1. The maximum Gasteiger partial charge on any atom is 0.267 e. The van der Waals surface area contributed by atoms with Crippen molar-refractivity contribution in [2.75, 3.05) is 20.2 Å². The van der Waals surface area contributed by atoms with E-state index < -0.39 is 6.10 Å². The Morgan fingerprint density at radius 3 is 2.71 bits per heavy atom. The number of carbonyl (C=O) groups excluding carboxylic acids is 1. The van der Waals surface area contributed by atoms with Gasteiger partial charge in [0.25, 0.3) is 5.91 Å². The molecule has 2 atom stereocenters. The van der Waals surface area contributed by atoms with E-state index >= 15 is 0 Å². The van der Waals surface area contributed by atoms with Crippen molar-refractivity contribution in [1.82, 2.24) is 4.90 Å². The maximum atomic E-state index is 12.4. The summed E-state index contributed by atoms with van der Waals surface area (Å²) in [6.07, 6.45) is 0.199. The predicted molar refractivity (Wildman–Crippen MR) is 81.4 cm³/mol. The van der Waals surface area contributed by atoms with Crippen LogP contribution in [0, 0.1) is 5.92 Å². The van der Waals surface area contributed by atoms with Crippen molar-refractivity contribution in [2.24, 2.45) is 11.7 Å². The first-order valence-electron chi connectivity index (χ1n) is 7.38. The minimum atomic E-state index is -0.583. The lowest BCUT2D eigenvalue weighted by molar-refractivity contribution is -0.139. The monoisotopic (exact) mass is 292 g/mol. The van der Waals surface area contributed by atoms with Crippen LogP contribution in [0.4, 0.5) is 0 Å². The Morgan fingerprint density at radius 2 is 2.05 bits per heavy atom.